The molecule has 1 amide bonds. The maximum atomic E-state index is 12.0. The molecule has 0 spiro atoms. The Morgan fingerprint density at radius 3 is 2.83 bits per heavy atom. The SMILES string of the molecule is Cc1ccc(NC(=S)N[C@H]2C[C@@H]3CC[C@@H]2C3)cc1N1CCCC1=O. The van der Waals surface area contributed by atoms with Crippen molar-refractivity contribution in [3.63, 3.8) is 0 Å². The summed E-state index contributed by atoms with van der Waals surface area (Å²) in [6.07, 6.45) is 6.96. The van der Waals surface area contributed by atoms with Gasteiger partial charge in [0.15, 0.2) is 5.11 Å². The van der Waals surface area contributed by atoms with E-state index in [1.54, 1.807) is 0 Å². The van der Waals surface area contributed by atoms with Crippen LogP contribution in [0, 0.1) is 18.8 Å². The molecular weight excluding hydrogens is 318 g/mol. The van der Waals surface area contributed by atoms with Crippen molar-refractivity contribution >= 4 is 34.6 Å². The molecule has 2 saturated carbocycles. The predicted octanol–water partition coefficient (Wildman–Crippen LogP) is 3.60. The van der Waals surface area contributed by atoms with Crippen molar-refractivity contribution in [2.45, 2.75) is 51.5 Å². The fraction of sp³-hybridized carbons (Fsp3) is 0.579. The van der Waals surface area contributed by atoms with Gasteiger partial charge < -0.3 is 15.5 Å². The summed E-state index contributed by atoms with van der Waals surface area (Å²) in [5.41, 5.74) is 3.09. The second-order valence-corrected chi connectivity index (χ2v) is 7.94. The molecule has 1 aliphatic heterocycles. The van der Waals surface area contributed by atoms with Crippen LogP contribution < -0.4 is 15.5 Å². The summed E-state index contributed by atoms with van der Waals surface area (Å²) in [6, 6.07) is 6.68. The molecular formula is C19H25N3OS. The van der Waals surface area contributed by atoms with Gasteiger partial charge in [-0.2, -0.15) is 0 Å². The van der Waals surface area contributed by atoms with E-state index in [9.17, 15) is 4.79 Å². The van der Waals surface area contributed by atoms with Crippen molar-refractivity contribution in [2.75, 3.05) is 16.8 Å². The Morgan fingerprint density at radius 2 is 2.17 bits per heavy atom. The lowest BCUT2D eigenvalue weighted by molar-refractivity contribution is -0.117. The number of nitrogens with one attached hydrogen (secondary N) is 2. The normalized spacial score (nSPS) is 28.5. The van der Waals surface area contributed by atoms with Gasteiger partial charge in [-0.1, -0.05) is 12.5 Å². The van der Waals surface area contributed by atoms with Crippen LogP contribution in [-0.4, -0.2) is 23.6 Å². The van der Waals surface area contributed by atoms with E-state index in [2.05, 4.69) is 23.6 Å². The van der Waals surface area contributed by atoms with Gasteiger partial charge >= 0.3 is 0 Å². The minimum atomic E-state index is 0.220. The highest BCUT2D eigenvalue weighted by Gasteiger charge is 2.39. The first-order chi connectivity index (χ1) is 11.6. The molecule has 0 unspecified atom stereocenters. The van der Waals surface area contributed by atoms with E-state index in [4.69, 9.17) is 12.2 Å². The Labute approximate surface area is 149 Å². The average Bonchev–Trinajstić information content (AvgIpc) is 3.26. The zero-order valence-corrected chi connectivity index (χ0v) is 15.0. The average molecular weight is 343 g/mol. The van der Waals surface area contributed by atoms with Gasteiger partial charge in [0.25, 0.3) is 0 Å². The van der Waals surface area contributed by atoms with Crippen molar-refractivity contribution in [1.29, 1.82) is 0 Å². The van der Waals surface area contributed by atoms with Crippen LogP contribution in [0.3, 0.4) is 0 Å². The quantitative estimate of drug-likeness (QED) is 0.823. The van der Waals surface area contributed by atoms with Gasteiger partial charge in [-0.25, -0.2) is 0 Å². The van der Waals surface area contributed by atoms with Gasteiger partial charge in [0.1, 0.15) is 0 Å². The molecule has 128 valence electrons. The molecule has 2 bridgehead atoms. The number of hydrogen-bond donors (Lipinski definition) is 2. The molecule has 0 radical (unpaired) electrons. The monoisotopic (exact) mass is 343 g/mol. The first-order valence-corrected chi connectivity index (χ1v) is 9.49. The zero-order chi connectivity index (χ0) is 16.7. The van der Waals surface area contributed by atoms with E-state index in [0.29, 0.717) is 17.6 Å². The summed E-state index contributed by atoms with van der Waals surface area (Å²) in [6.45, 7) is 2.87. The lowest BCUT2D eigenvalue weighted by Gasteiger charge is -2.25. The number of rotatable bonds is 3. The van der Waals surface area contributed by atoms with Crippen molar-refractivity contribution < 1.29 is 4.79 Å². The smallest absolute Gasteiger partial charge is 0.227 e. The lowest BCUT2D eigenvalue weighted by atomic mass is 9.96. The van der Waals surface area contributed by atoms with Crippen LogP contribution in [0.25, 0.3) is 0 Å². The second kappa shape index (κ2) is 6.36. The van der Waals surface area contributed by atoms with Crippen LogP contribution in [-0.2, 0) is 4.79 Å². The fourth-order valence-electron chi connectivity index (χ4n) is 4.64. The summed E-state index contributed by atoms with van der Waals surface area (Å²) < 4.78 is 0. The summed E-state index contributed by atoms with van der Waals surface area (Å²) in [5.74, 6) is 1.92. The van der Waals surface area contributed by atoms with Crippen LogP contribution in [0.5, 0.6) is 0 Å². The third kappa shape index (κ3) is 3.02. The molecule has 1 aromatic rings. The number of anilines is 2. The Bertz CT molecular complexity index is 675. The van der Waals surface area contributed by atoms with Crippen molar-refractivity contribution in [3.8, 4) is 0 Å². The highest BCUT2D eigenvalue weighted by Crippen LogP contribution is 2.44. The van der Waals surface area contributed by atoms with E-state index >= 15 is 0 Å². The highest BCUT2D eigenvalue weighted by molar-refractivity contribution is 7.80. The van der Waals surface area contributed by atoms with Gasteiger partial charge in [0, 0.05) is 30.4 Å². The molecule has 0 aromatic heterocycles. The molecule has 1 aromatic carbocycles. The van der Waals surface area contributed by atoms with Crippen molar-refractivity contribution in [3.05, 3.63) is 23.8 Å². The molecule has 5 heteroatoms. The van der Waals surface area contributed by atoms with E-state index in [-0.39, 0.29) is 5.91 Å². The first-order valence-electron chi connectivity index (χ1n) is 9.08. The number of carbonyl (C=O) groups is 1. The molecule has 24 heavy (non-hydrogen) atoms. The number of fused-ring (bicyclic) bond motifs is 2. The molecule has 3 atom stereocenters. The fourth-order valence-corrected chi connectivity index (χ4v) is 4.91. The standard InChI is InChI=1S/C19H25N3OS/c1-12-4-7-15(11-17(12)22-8-2-3-18(22)23)20-19(24)21-16-10-13-5-6-14(16)9-13/h4,7,11,13-14,16H,2-3,5-6,8-10H2,1H3,(H2,20,21,24)/t13-,14-,16+/m1/s1. The second-order valence-electron chi connectivity index (χ2n) is 7.53. The molecule has 2 N–H and O–H groups in total. The number of nitrogens with zero attached hydrogens (tertiary/aromatic N) is 1. The predicted molar refractivity (Wildman–Crippen MR) is 101 cm³/mol. The number of thiocarbonyl (C=S) groups is 1. The summed E-state index contributed by atoms with van der Waals surface area (Å²) >= 11 is 5.52. The lowest BCUT2D eigenvalue weighted by Crippen LogP contribution is -2.40. The third-order valence-corrected chi connectivity index (χ3v) is 6.11. The van der Waals surface area contributed by atoms with Crippen LogP contribution in [0.4, 0.5) is 11.4 Å². The minimum absolute atomic E-state index is 0.220. The van der Waals surface area contributed by atoms with Crippen LogP contribution in [0.2, 0.25) is 0 Å². The van der Waals surface area contributed by atoms with E-state index < -0.39 is 0 Å². The van der Waals surface area contributed by atoms with Crippen LogP contribution >= 0.6 is 12.2 Å². The van der Waals surface area contributed by atoms with Crippen molar-refractivity contribution in [1.82, 2.24) is 5.32 Å². The Balaban J connectivity index is 1.42. The molecule has 3 aliphatic rings. The number of amides is 1. The summed E-state index contributed by atoms with van der Waals surface area (Å²) in [4.78, 5) is 13.9. The van der Waals surface area contributed by atoms with Gasteiger partial charge in [-0.05, 0) is 74.4 Å². The molecule has 1 saturated heterocycles. The maximum Gasteiger partial charge on any atom is 0.227 e. The molecule has 4 nitrogen and oxygen atoms in total. The Hall–Kier alpha value is -1.62. The number of carbonyl (C=O) groups excluding carboxylic acids is 1. The number of benzene rings is 1. The summed E-state index contributed by atoms with van der Waals surface area (Å²) in [7, 11) is 0. The molecule has 3 fully saturated rings. The topological polar surface area (TPSA) is 44.4 Å². The number of hydrogen-bond acceptors (Lipinski definition) is 2. The van der Waals surface area contributed by atoms with Gasteiger partial charge in [0.05, 0.1) is 0 Å². The van der Waals surface area contributed by atoms with Gasteiger partial charge in [-0.15, -0.1) is 0 Å². The zero-order valence-electron chi connectivity index (χ0n) is 14.2. The Kier molecular flexibility index (Phi) is 4.21. The minimum Gasteiger partial charge on any atom is -0.359 e. The highest BCUT2D eigenvalue weighted by atomic mass is 32.1. The largest absolute Gasteiger partial charge is 0.359 e. The van der Waals surface area contributed by atoms with E-state index in [0.717, 1.165) is 41.7 Å². The third-order valence-electron chi connectivity index (χ3n) is 5.89. The molecule has 1 heterocycles. The molecule has 2 aliphatic carbocycles. The van der Waals surface area contributed by atoms with E-state index in [1.807, 2.05) is 17.0 Å². The van der Waals surface area contributed by atoms with Gasteiger partial charge in [-0.3, -0.25) is 4.79 Å². The first kappa shape index (κ1) is 15.9. The Morgan fingerprint density at radius 1 is 1.29 bits per heavy atom. The van der Waals surface area contributed by atoms with Crippen LogP contribution in [0.1, 0.15) is 44.1 Å². The van der Waals surface area contributed by atoms with Gasteiger partial charge in [0.2, 0.25) is 5.91 Å². The van der Waals surface area contributed by atoms with Crippen LogP contribution in [0.15, 0.2) is 18.2 Å². The molecule has 4 rings (SSSR count). The maximum absolute atomic E-state index is 12.0. The van der Waals surface area contributed by atoms with E-state index in [1.165, 1.54) is 25.7 Å². The summed E-state index contributed by atoms with van der Waals surface area (Å²) in [5, 5.41) is 7.53. The number of aryl methyl sites for hydroxylation is 1. The van der Waals surface area contributed by atoms with Crippen molar-refractivity contribution in [2.24, 2.45) is 11.8 Å².